The quantitative estimate of drug-likeness (QED) is 0.208. The van der Waals surface area contributed by atoms with Crippen molar-refractivity contribution >= 4 is 27.8 Å². The van der Waals surface area contributed by atoms with Crippen molar-refractivity contribution in [3.8, 4) is 33.8 Å². The van der Waals surface area contributed by atoms with Crippen LogP contribution in [0.25, 0.3) is 33.0 Å². The summed E-state index contributed by atoms with van der Waals surface area (Å²) in [5, 5.41) is 1.40. The Balaban J connectivity index is 1.63. The van der Waals surface area contributed by atoms with Crippen LogP contribution in [0.2, 0.25) is 0 Å². The van der Waals surface area contributed by atoms with Crippen LogP contribution in [-0.4, -0.2) is 4.57 Å². The summed E-state index contributed by atoms with van der Waals surface area (Å²) in [5.74, 6) is 0.301. The number of ether oxygens (including phenoxy) is 1. The van der Waals surface area contributed by atoms with E-state index in [9.17, 15) is 13.6 Å². The second-order valence-electron chi connectivity index (χ2n) is 10.2. The van der Waals surface area contributed by atoms with Crippen molar-refractivity contribution in [2.75, 3.05) is 4.90 Å². The van der Waals surface area contributed by atoms with Crippen LogP contribution in [0.1, 0.15) is 5.56 Å². The number of anilines is 3. The van der Waals surface area contributed by atoms with Crippen LogP contribution in [0.4, 0.5) is 25.8 Å². The normalized spacial score (nSPS) is 12.1. The van der Waals surface area contributed by atoms with E-state index in [-0.39, 0.29) is 5.56 Å². The molecule has 0 unspecified atom stereocenters. The van der Waals surface area contributed by atoms with E-state index in [4.69, 9.17) is 4.74 Å². The Bertz CT molecular complexity index is 1970. The number of hydrogen-bond donors (Lipinski definition) is 0. The first-order valence-electron chi connectivity index (χ1n) is 13.2. The van der Waals surface area contributed by atoms with Gasteiger partial charge >= 0.3 is 0 Å². The Morgan fingerprint density at radius 2 is 1.20 bits per heavy atom. The number of rotatable bonds is 1. The van der Waals surface area contributed by atoms with Gasteiger partial charge < -0.3 is 14.2 Å². The van der Waals surface area contributed by atoms with Crippen molar-refractivity contribution in [1.29, 1.82) is 0 Å². The van der Waals surface area contributed by atoms with Crippen LogP contribution >= 0.6 is 0 Å². The fourth-order valence-corrected chi connectivity index (χ4v) is 5.71. The summed E-state index contributed by atoms with van der Waals surface area (Å²) in [5.41, 5.74) is 5.57. The zero-order chi connectivity index (χ0) is 28.2. The van der Waals surface area contributed by atoms with E-state index < -0.39 is 11.6 Å². The van der Waals surface area contributed by atoms with E-state index in [1.54, 1.807) is 23.7 Å². The van der Waals surface area contributed by atoms with Crippen LogP contribution < -0.4 is 15.2 Å². The molecule has 0 saturated heterocycles. The van der Waals surface area contributed by atoms with Gasteiger partial charge in [-0.1, -0.05) is 36.4 Å². The van der Waals surface area contributed by atoms with Gasteiger partial charge in [0.25, 0.3) is 5.56 Å². The number of aromatic nitrogens is 1. The minimum Gasteiger partial charge on any atom is -0.456 e. The average Bonchev–Trinajstić information content (AvgIpc) is 2.98. The Hall–Kier alpha value is -5.23. The number of halogens is 2. The molecule has 1 aliphatic heterocycles. The third-order valence-electron chi connectivity index (χ3n) is 7.60. The zero-order valence-corrected chi connectivity index (χ0v) is 22.4. The first-order chi connectivity index (χ1) is 19.9. The zero-order valence-electron chi connectivity index (χ0n) is 22.4. The van der Waals surface area contributed by atoms with Gasteiger partial charge in [-0.3, -0.25) is 4.79 Å². The fraction of sp³-hybridized carbons (Fsp3) is 0.0571. The van der Waals surface area contributed by atoms with Gasteiger partial charge in [-0.2, -0.15) is 0 Å². The lowest BCUT2D eigenvalue weighted by molar-refractivity contribution is 0.486. The molecule has 6 heteroatoms. The van der Waals surface area contributed by atoms with Gasteiger partial charge in [0, 0.05) is 46.6 Å². The highest BCUT2D eigenvalue weighted by Gasteiger charge is 2.26. The molecule has 0 spiro atoms. The molecule has 6 aromatic rings. The maximum atomic E-state index is 14.9. The van der Waals surface area contributed by atoms with Crippen molar-refractivity contribution < 1.29 is 13.5 Å². The van der Waals surface area contributed by atoms with E-state index in [0.717, 1.165) is 16.6 Å². The molecular formula is C35H24F2N2O2. The standard InChI is InChI=1S/C35H24F2N2O2/c1-21-20-38(2)35(40)27-14-13-24(19-28(21)27)39-31-15-11-22(36)17-29(31)25-7-3-5-9-33(25)41-34-10-6-4-8-26(34)30-18-23(37)12-16-32(30)39/h3-20H,1-2H3. The summed E-state index contributed by atoms with van der Waals surface area (Å²) in [6, 6.07) is 29.9. The third kappa shape index (κ3) is 4.07. The Morgan fingerprint density at radius 3 is 1.78 bits per heavy atom. The van der Waals surface area contributed by atoms with Gasteiger partial charge in [0.2, 0.25) is 0 Å². The summed E-state index contributed by atoms with van der Waals surface area (Å²) >= 11 is 0. The molecule has 0 bridgehead atoms. The van der Waals surface area contributed by atoms with Crippen molar-refractivity contribution in [2.45, 2.75) is 6.92 Å². The second kappa shape index (κ2) is 9.45. The van der Waals surface area contributed by atoms with Gasteiger partial charge in [0.05, 0.1) is 11.4 Å². The summed E-state index contributed by atoms with van der Waals surface area (Å²) in [6.07, 6.45) is 1.81. The molecule has 1 aromatic heterocycles. The highest BCUT2D eigenvalue weighted by atomic mass is 19.1. The summed E-state index contributed by atoms with van der Waals surface area (Å²) in [4.78, 5) is 14.9. The lowest BCUT2D eigenvalue weighted by Gasteiger charge is -2.31. The van der Waals surface area contributed by atoms with Crippen LogP contribution in [0.3, 0.4) is 0 Å². The molecule has 0 fully saturated rings. The molecule has 0 atom stereocenters. The monoisotopic (exact) mass is 542 g/mol. The minimum atomic E-state index is -0.395. The number of hydrogen-bond acceptors (Lipinski definition) is 3. The Kier molecular flexibility index (Phi) is 5.71. The highest BCUT2D eigenvalue weighted by Crippen LogP contribution is 2.50. The van der Waals surface area contributed by atoms with E-state index in [2.05, 4.69) is 0 Å². The van der Waals surface area contributed by atoms with Crippen molar-refractivity contribution in [3.63, 3.8) is 0 Å². The summed E-state index contributed by atoms with van der Waals surface area (Å²) in [7, 11) is 1.74. The molecule has 4 nitrogen and oxygen atoms in total. The topological polar surface area (TPSA) is 34.5 Å². The number of fused-ring (bicyclic) bond motifs is 7. The van der Waals surface area contributed by atoms with Crippen LogP contribution in [0, 0.1) is 18.6 Å². The molecule has 1 aliphatic rings. The maximum absolute atomic E-state index is 14.9. The second-order valence-corrected chi connectivity index (χ2v) is 10.2. The van der Waals surface area contributed by atoms with Gasteiger partial charge in [0.15, 0.2) is 0 Å². The lowest BCUT2D eigenvalue weighted by Crippen LogP contribution is -2.18. The van der Waals surface area contributed by atoms with Crippen molar-refractivity contribution in [1.82, 2.24) is 4.57 Å². The van der Waals surface area contributed by atoms with Gasteiger partial charge in [-0.15, -0.1) is 0 Å². The van der Waals surface area contributed by atoms with E-state index >= 15 is 0 Å². The molecule has 0 radical (unpaired) electrons. The molecule has 5 aromatic carbocycles. The lowest BCUT2D eigenvalue weighted by atomic mass is 9.96. The first kappa shape index (κ1) is 24.8. The first-order valence-corrected chi connectivity index (χ1v) is 13.2. The van der Waals surface area contributed by atoms with Crippen LogP contribution in [0.5, 0.6) is 11.5 Å². The molecular weight excluding hydrogens is 518 g/mol. The van der Waals surface area contributed by atoms with Crippen LogP contribution in [-0.2, 0) is 7.05 Å². The number of nitrogens with zero attached hydrogens (tertiary/aromatic N) is 2. The molecule has 2 heterocycles. The molecule has 0 amide bonds. The molecule has 41 heavy (non-hydrogen) atoms. The van der Waals surface area contributed by atoms with E-state index in [1.807, 2.05) is 84.8 Å². The van der Waals surface area contributed by atoms with E-state index in [0.29, 0.717) is 50.5 Å². The number of para-hydroxylation sites is 2. The third-order valence-corrected chi connectivity index (χ3v) is 7.60. The van der Waals surface area contributed by atoms with Crippen LogP contribution in [0.15, 0.2) is 114 Å². The largest absolute Gasteiger partial charge is 0.456 e. The molecule has 0 saturated carbocycles. The summed E-state index contributed by atoms with van der Waals surface area (Å²) < 4.78 is 37.9. The smallest absolute Gasteiger partial charge is 0.258 e. The Morgan fingerprint density at radius 1 is 0.634 bits per heavy atom. The number of benzene rings is 5. The van der Waals surface area contributed by atoms with Gasteiger partial charge in [-0.25, -0.2) is 8.78 Å². The predicted molar refractivity (Wildman–Crippen MR) is 159 cm³/mol. The van der Waals surface area contributed by atoms with Crippen molar-refractivity contribution in [2.24, 2.45) is 7.05 Å². The molecule has 0 aliphatic carbocycles. The molecule has 200 valence electrons. The predicted octanol–water partition coefficient (Wildman–Crippen LogP) is 9.03. The minimum absolute atomic E-state index is 0.0944. The van der Waals surface area contributed by atoms with E-state index in [1.165, 1.54) is 24.3 Å². The Labute approximate surface area is 235 Å². The van der Waals surface area contributed by atoms with Gasteiger partial charge in [-0.05, 0) is 84.6 Å². The molecule has 7 rings (SSSR count). The number of pyridine rings is 1. The highest BCUT2D eigenvalue weighted by molar-refractivity contribution is 5.98. The van der Waals surface area contributed by atoms with Gasteiger partial charge in [0.1, 0.15) is 23.1 Å². The SMILES string of the molecule is Cc1cn(C)c(=O)c2ccc(N3c4ccc(F)cc4-c4ccccc4Oc4ccccc4-c4cc(F)ccc43)cc12. The summed E-state index contributed by atoms with van der Waals surface area (Å²) in [6.45, 7) is 1.96. The fourth-order valence-electron chi connectivity index (χ4n) is 5.71. The van der Waals surface area contributed by atoms with Crippen molar-refractivity contribution in [3.05, 3.63) is 137 Å². The maximum Gasteiger partial charge on any atom is 0.258 e. The molecule has 0 N–H and O–H groups in total. The number of aryl methyl sites for hydroxylation is 2. The average molecular weight is 543 g/mol.